The summed E-state index contributed by atoms with van der Waals surface area (Å²) in [6.07, 6.45) is 2.06. The van der Waals surface area contributed by atoms with Gasteiger partial charge in [0.15, 0.2) is 0 Å². The van der Waals surface area contributed by atoms with Crippen molar-refractivity contribution in [2.75, 3.05) is 25.6 Å². The van der Waals surface area contributed by atoms with E-state index in [9.17, 15) is 4.79 Å². The summed E-state index contributed by atoms with van der Waals surface area (Å²) in [6.45, 7) is 3.28. The number of hydrogen-bond donors (Lipinski definition) is 1. The molecule has 0 fully saturated rings. The van der Waals surface area contributed by atoms with Crippen LogP contribution in [0.5, 0.6) is 0 Å². The Balaban J connectivity index is 2.46. The lowest BCUT2D eigenvalue weighted by Gasteiger charge is -2.09. The molecule has 2 N–H and O–H groups in total. The van der Waals surface area contributed by atoms with Crippen LogP contribution in [0.4, 0.5) is 5.69 Å². The molecule has 19 heavy (non-hydrogen) atoms. The summed E-state index contributed by atoms with van der Waals surface area (Å²) in [5.74, 6) is -0.555. The third-order valence-electron chi connectivity index (χ3n) is 2.42. The molecule has 0 heterocycles. The van der Waals surface area contributed by atoms with Crippen molar-refractivity contribution >= 4 is 34.9 Å². The van der Waals surface area contributed by atoms with E-state index >= 15 is 0 Å². The molecule has 0 aromatic heterocycles. The molecular formula is C13H17Cl2NO3. The van der Waals surface area contributed by atoms with Gasteiger partial charge in [-0.05, 0) is 18.6 Å². The molecular weight excluding hydrogens is 289 g/mol. The number of nitrogens with two attached hydrogens (primary N) is 1. The molecule has 0 atom stereocenters. The Morgan fingerprint density at radius 3 is 2.68 bits per heavy atom. The predicted octanol–water partition coefficient (Wildman–Crippen LogP) is 3.55. The van der Waals surface area contributed by atoms with Gasteiger partial charge >= 0.3 is 5.97 Å². The molecule has 6 heteroatoms. The summed E-state index contributed by atoms with van der Waals surface area (Å²) >= 11 is 11.7. The topological polar surface area (TPSA) is 61.5 Å². The van der Waals surface area contributed by atoms with Crippen LogP contribution in [0, 0.1) is 0 Å². The van der Waals surface area contributed by atoms with Gasteiger partial charge in [-0.15, -0.1) is 0 Å². The number of carbonyl (C=O) groups excluding carboxylic acids is 1. The van der Waals surface area contributed by atoms with Gasteiger partial charge in [-0.2, -0.15) is 0 Å². The molecule has 0 saturated heterocycles. The summed E-state index contributed by atoms with van der Waals surface area (Å²) < 4.78 is 10.3. The summed E-state index contributed by atoms with van der Waals surface area (Å²) in [5, 5.41) is 0.573. The van der Waals surface area contributed by atoms with Crippen LogP contribution in [0.15, 0.2) is 12.1 Å². The molecule has 0 spiro atoms. The SMILES string of the molecule is CCCCOCCOC(=O)c1cc(Cl)cc(Cl)c1N. The van der Waals surface area contributed by atoms with Crippen molar-refractivity contribution in [3.8, 4) is 0 Å². The smallest absolute Gasteiger partial charge is 0.340 e. The Kier molecular flexibility index (Phi) is 6.99. The van der Waals surface area contributed by atoms with Crippen molar-refractivity contribution in [3.05, 3.63) is 27.7 Å². The van der Waals surface area contributed by atoms with Crippen molar-refractivity contribution in [2.45, 2.75) is 19.8 Å². The lowest BCUT2D eigenvalue weighted by molar-refractivity contribution is 0.0315. The number of esters is 1. The van der Waals surface area contributed by atoms with Crippen molar-refractivity contribution < 1.29 is 14.3 Å². The minimum Gasteiger partial charge on any atom is -0.460 e. The zero-order chi connectivity index (χ0) is 14.3. The van der Waals surface area contributed by atoms with Crippen molar-refractivity contribution in [2.24, 2.45) is 0 Å². The quantitative estimate of drug-likeness (QED) is 0.475. The van der Waals surface area contributed by atoms with E-state index in [4.69, 9.17) is 38.4 Å². The fourth-order valence-corrected chi connectivity index (χ4v) is 1.87. The maximum absolute atomic E-state index is 11.8. The van der Waals surface area contributed by atoms with E-state index in [1.807, 2.05) is 0 Å². The van der Waals surface area contributed by atoms with Crippen LogP contribution >= 0.6 is 23.2 Å². The van der Waals surface area contributed by atoms with Gasteiger partial charge in [0.25, 0.3) is 0 Å². The maximum Gasteiger partial charge on any atom is 0.340 e. The molecule has 1 rings (SSSR count). The van der Waals surface area contributed by atoms with Gasteiger partial charge in [0.1, 0.15) is 6.61 Å². The van der Waals surface area contributed by atoms with E-state index < -0.39 is 5.97 Å². The monoisotopic (exact) mass is 305 g/mol. The summed E-state index contributed by atoms with van der Waals surface area (Å²) in [7, 11) is 0. The van der Waals surface area contributed by atoms with E-state index in [2.05, 4.69) is 6.92 Å². The second-order valence-corrected chi connectivity index (χ2v) is 4.79. The number of benzene rings is 1. The van der Waals surface area contributed by atoms with E-state index in [0.717, 1.165) is 12.8 Å². The second-order valence-electron chi connectivity index (χ2n) is 3.95. The minimum absolute atomic E-state index is 0.169. The predicted molar refractivity (Wildman–Crippen MR) is 76.9 cm³/mol. The number of carbonyl (C=O) groups is 1. The zero-order valence-electron chi connectivity index (χ0n) is 10.7. The van der Waals surface area contributed by atoms with Crippen LogP contribution in [0.2, 0.25) is 10.0 Å². The van der Waals surface area contributed by atoms with Gasteiger partial charge in [0, 0.05) is 11.6 Å². The summed E-state index contributed by atoms with van der Waals surface area (Å²) in [5.41, 5.74) is 6.04. The first kappa shape index (κ1) is 16.1. The Morgan fingerprint density at radius 1 is 1.26 bits per heavy atom. The number of hydrogen-bond acceptors (Lipinski definition) is 4. The molecule has 0 amide bonds. The molecule has 1 aromatic carbocycles. The summed E-state index contributed by atoms with van der Waals surface area (Å²) in [4.78, 5) is 11.8. The Bertz CT molecular complexity index is 438. The molecule has 106 valence electrons. The number of ether oxygens (including phenoxy) is 2. The fourth-order valence-electron chi connectivity index (χ4n) is 1.37. The van der Waals surface area contributed by atoms with Gasteiger partial charge in [-0.3, -0.25) is 0 Å². The molecule has 0 unspecified atom stereocenters. The molecule has 0 aliphatic rings. The summed E-state index contributed by atoms with van der Waals surface area (Å²) in [6, 6.07) is 2.91. The van der Waals surface area contributed by atoms with Crippen molar-refractivity contribution in [1.29, 1.82) is 0 Å². The highest BCUT2D eigenvalue weighted by atomic mass is 35.5. The molecule has 0 aliphatic heterocycles. The molecule has 0 aliphatic carbocycles. The maximum atomic E-state index is 11.8. The first-order valence-electron chi connectivity index (χ1n) is 6.05. The Labute approximate surface area is 122 Å². The van der Waals surface area contributed by atoms with Crippen molar-refractivity contribution in [1.82, 2.24) is 0 Å². The van der Waals surface area contributed by atoms with Crippen LogP contribution in [-0.2, 0) is 9.47 Å². The molecule has 0 radical (unpaired) electrons. The highest BCUT2D eigenvalue weighted by Crippen LogP contribution is 2.27. The highest BCUT2D eigenvalue weighted by molar-refractivity contribution is 6.37. The normalized spacial score (nSPS) is 10.5. The van der Waals surface area contributed by atoms with Gasteiger partial charge in [0.05, 0.1) is 22.9 Å². The van der Waals surface area contributed by atoms with Gasteiger partial charge in [-0.1, -0.05) is 36.5 Å². The van der Waals surface area contributed by atoms with E-state index in [1.165, 1.54) is 12.1 Å². The third kappa shape index (κ3) is 5.27. The first-order valence-corrected chi connectivity index (χ1v) is 6.81. The van der Waals surface area contributed by atoms with E-state index in [-0.39, 0.29) is 22.9 Å². The van der Waals surface area contributed by atoms with Crippen LogP contribution < -0.4 is 5.73 Å². The zero-order valence-corrected chi connectivity index (χ0v) is 12.3. The number of nitrogen functional groups attached to an aromatic ring is 1. The molecule has 0 saturated carbocycles. The number of anilines is 1. The highest BCUT2D eigenvalue weighted by Gasteiger charge is 2.14. The molecule has 4 nitrogen and oxygen atoms in total. The largest absolute Gasteiger partial charge is 0.460 e. The first-order chi connectivity index (χ1) is 9.06. The van der Waals surface area contributed by atoms with Crippen LogP contribution in [0.3, 0.4) is 0 Å². The lowest BCUT2D eigenvalue weighted by atomic mass is 10.2. The molecule has 1 aromatic rings. The Morgan fingerprint density at radius 2 is 2.00 bits per heavy atom. The van der Waals surface area contributed by atoms with Gasteiger partial charge in [0.2, 0.25) is 0 Å². The number of unbranched alkanes of at least 4 members (excludes halogenated alkanes) is 1. The average Bonchev–Trinajstić information content (AvgIpc) is 2.37. The Hall–Kier alpha value is -0.970. The second kappa shape index (κ2) is 8.25. The minimum atomic E-state index is -0.555. The average molecular weight is 306 g/mol. The van der Waals surface area contributed by atoms with Crippen LogP contribution in [0.1, 0.15) is 30.1 Å². The lowest BCUT2D eigenvalue weighted by Crippen LogP contribution is -2.13. The van der Waals surface area contributed by atoms with Crippen molar-refractivity contribution in [3.63, 3.8) is 0 Å². The number of halogens is 2. The van der Waals surface area contributed by atoms with Crippen LogP contribution in [0.25, 0.3) is 0 Å². The van der Waals surface area contributed by atoms with Crippen LogP contribution in [-0.4, -0.2) is 25.8 Å². The standard InChI is InChI=1S/C13H17Cl2NO3/c1-2-3-4-18-5-6-19-13(17)10-7-9(14)8-11(15)12(10)16/h7-8H,2-6,16H2,1H3. The fraction of sp³-hybridized carbons (Fsp3) is 0.462. The molecule has 0 bridgehead atoms. The van der Waals surface area contributed by atoms with E-state index in [1.54, 1.807) is 0 Å². The van der Waals surface area contributed by atoms with Gasteiger partial charge < -0.3 is 15.2 Å². The van der Waals surface area contributed by atoms with E-state index in [0.29, 0.717) is 18.2 Å². The third-order valence-corrected chi connectivity index (χ3v) is 2.95. The number of rotatable bonds is 7. The van der Waals surface area contributed by atoms with Gasteiger partial charge in [-0.25, -0.2) is 4.79 Å².